The summed E-state index contributed by atoms with van der Waals surface area (Å²) in [6.45, 7) is 9.05. The third-order valence-corrected chi connectivity index (χ3v) is 4.56. The number of piperazine rings is 1. The van der Waals surface area contributed by atoms with Gasteiger partial charge in [0, 0.05) is 44.6 Å². The molecular weight excluding hydrogens is 270 g/mol. The zero-order valence-corrected chi connectivity index (χ0v) is 13.5. The van der Waals surface area contributed by atoms with Crippen LogP contribution in [0.15, 0.2) is 54.9 Å². The SMILES string of the molecule is CC(C)N1CCN(C(c2ccccc2)c2cccnc2)CC1. The minimum atomic E-state index is 0.309. The van der Waals surface area contributed by atoms with Gasteiger partial charge in [-0.2, -0.15) is 0 Å². The average molecular weight is 295 g/mol. The number of aromatic nitrogens is 1. The van der Waals surface area contributed by atoms with Gasteiger partial charge >= 0.3 is 0 Å². The summed E-state index contributed by atoms with van der Waals surface area (Å²) >= 11 is 0. The van der Waals surface area contributed by atoms with Gasteiger partial charge in [-0.15, -0.1) is 0 Å². The maximum absolute atomic E-state index is 4.33. The van der Waals surface area contributed by atoms with Crippen molar-refractivity contribution in [2.75, 3.05) is 26.2 Å². The highest BCUT2D eigenvalue weighted by molar-refractivity contribution is 5.30. The Hall–Kier alpha value is -1.71. The van der Waals surface area contributed by atoms with Gasteiger partial charge in [0.25, 0.3) is 0 Å². The minimum absolute atomic E-state index is 0.309. The minimum Gasteiger partial charge on any atom is -0.298 e. The molecule has 0 radical (unpaired) electrons. The third-order valence-electron chi connectivity index (χ3n) is 4.56. The summed E-state index contributed by atoms with van der Waals surface area (Å²) in [4.78, 5) is 9.48. The molecule has 1 aromatic carbocycles. The highest BCUT2D eigenvalue weighted by atomic mass is 15.3. The average Bonchev–Trinajstić information content (AvgIpc) is 2.57. The van der Waals surface area contributed by atoms with Gasteiger partial charge in [0.2, 0.25) is 0 Å². The van der Waals surface area contributed by atoms with Crippen LogP contribution in [-0.2, 0) is 0 Å². The predicted molar refractivity (Wildman–Crippen MR) is 90.8 cm³/mol. The molecule has 3 heteroatoms. The highest BCUT2D eigenvalue weighted by Crippen LogP contribution is 2.29. The van der Waals surface area contributed by atoms with Crippen molar-refractivity contribution in [2.45, 2.75) is 25.9 Å². The Balaban J connectivity index is 1.84. The molecule has 3 nitrogen and oxygen atoms in total. The lowest BCUT2D eigenvalue weighted by Gasteiger charge is -2.41. The van der Waals surface area contributed by atoms with E-state index >= 15 is 0 Å². The smallest absolute Gasteiger partial charge is 0.0617 e. The molecule has 1 aliphatic heterocycles. The second kappa shape index (κ2) is 7.03. The van der Waals surface area contributed by atoms with Gasteiger partial charge in [0.1, 0.15) is 0 Å². The van der Waals surface area contributed by atoms with E-state index in [1.54, 1.807) is 0 Å². The van der Waals surface area contributed by atoms with Crippen LogP contribution in [0.4, 0.5) is 0 Å². The molecule has 0 aliphatic carbocycles. The van der Waals surface area contributed by atoms with Crippen molar-refractivity contribution in [2.24, 2.45) is 0 Å². The van der Waals surface area contributed by atoms with Crippen LogP contribution in [0.5, 0.6) is 0 Å². The Labute approximate surface area is 133 Å². The van der Waals surface area contributed by atoms with Crippen LogP contribution >= 0.6 is 0 Å². The summed E-state index contributed by atoms with van der Waals surface area (Å²) in [6.07, 6.45) is 3.86. The standard InChI is InChI=1S/C19H25N3/c1-16(2)21-11-13-22(14-12-21)19(17-7-4-3-5-8-17)18-9-6-10-20-15-18/h3-10,15-16,19H,11-14H2,1-2H3. The number of hydrogen-bond acceptors (Lipinski definition) is 3. The quantitative estimate of drug-likeness (QED) is 0.863. The van der Waals surface area contributed by atoms with Gasteiger partial charge < -0.3 is 0 Å². The molecule has 1 atom stereocenters. The first kappa shape index (κ1) is 15.2. The lowest BCUT2D eigenvalue weighted by atomic mass is 9.97. The number of rotatable bonds is 4. The number of pyridine rings is 1. The van der Waals surface area contributed by atoms with E-state index in [0.717, 1.165) is 26.2 Å². The molecule has 0 N–H and O–H groups in total. The molecule has 0 saturated carbocycles. The third kappa shape index (κ3) is 3.37. The molecule has 1 fully saturated rings. The van der Waals surface area contributed by atoms with Crippen LogP contribution < -0.4 is 0 Å². The first-order valence-corrected chi connectivity index (χ1v) is 8.18. The molecule has 2 heterocycles. The normalized spacial score (nSPS) is 18.5. The van der Waals surface area contributed by atoms with Crippen LogP contribution in [0, 0.1) is 0 Å². The van der Waals surface area contributed by atoms with Crippen molar-refractivity contribution >= 4 is 0 Å². The second-order valence-electron chi connectivity index (χ2n) is 6.27. The lowest BCUT2D eigenvalue weighted by Crippen LogP contribution is -2.50. The Morgan fingerprint density at radius 2 is 1.45 bits per heavy atom. The topological polar surface area (TPSA) is 19.4 Å². The molecule has 2 aromatic rings. The number of nitrogens with zero attached hydrogens (tertiary/aromatic N) is 3. The van der Waals surface area contributed by atoms with Crippen LogP contribution in [0.3, 0.4) is 0 Å². The Morgan fingerprint density at radius 3 is 2.05 bits per heavy atom. The van der Waals surface area contributed by atoms with Crippen molar-refractivity contribution in [3.05, 3.63) is 66.0 Å². The molecular formula is C19H25N3. The largest absolute Gasteiger partial charge is 0.298 e. The van der Waals surface area contributed by atoms with Crippen molar-refractivity contribution in [1.29, 1.82) is 0 Å². The first-order chi connectivity index (χ1) is 10.8. The Bertz CT molecular complexity index is 520. The fourth-order valence-electron chi connectivity index (χ4n) is 3.30. The second-order valence-corrected chi connectivity index (χ2v) is 6.27. The summed E-state index contributed by atoms with van der Waals surface area (Å²) in [5.74, 6) is 0. The van der Waals surface area contributed by atoms with Crippen molar-refractivity contribution in [3.63, 3.8) is 0 Å². The lowest BCUT2D eigenvalue weighted by molar-refractivity contribution is 0.0892. The zero-order chi connectivity index (χ0) is 15.4. The fraction of sp³-hybridized carbons (Fsp3) is 0.421. The maximum Gasteiger partial charge on any atom is 0.0617 e. The molecule has 22 heavy (non-hydrogen) atoms. The van der Waals surface area contributed by atoms with Crippen molar-refractivity contribution in [1.82, 2.24) is 14.8 Å². The van der Waals surface area contributed by atoms with E-state index in [1.165, 1.54) is 11.1 Å². The van der Waals surface area contributed by atoms with Gasteiger partial charge in [-0.25, -0.2) is 0 Å². The van der Waals surface area contributed by atoms with Gasteiger partial charge in [-0.3, -0.25) is 14.8 Å². The van der Waals surface area contributed by atoms with Crippen LogP contribution in [0.1, 0.15) is 31.0 Å². The van der Waals surface area contributed by atoms with E-state index < -0.39 is 0 Å². The summed E-state index contributed by atoms with van der Waals surface area (Å²) in [5.41, 5.74) is 2.64. The Morgan fingerprint density at radius 1 is 0.818 bits per heavy atom. The summed E-state index contributed by atoms with van der Waals surface area (Å²) in [6, 6.07) is 16.0. The van der Waals surface area contributed by atoms with Gasteiger partial charge in [0.15, 0.2) is 0 Å². The van der Waals surface area contributed by atoms with Gasteiger partial charge in [-0.05, 0) is 31.0 Å². The van der Waals surface area contributed by atoms with Gasteiger partial charge in [0.05, 0.1) is 6.04 Å². The highest BCUT2D eigenvalue weighted by Gasteiger charge is 2.27. The molecule has 0 amide bonds. The zero-order valence-electron chi connectivity index (χ0n) is 13.5. The molecule has 3 rings (SSSR count). The molecule has 1 unspecified atom stereocenters. The van der Waals surface area contributed by atoms with Gasteiger partial charge in [-0.1, -0.05) is 36.4 Å². The monoisotopic (exact) mass is 295 g/mol. The van der Waals surface area contributed by atoms with Crippen LogP contribution in [-0.4, -0.2) is 47.0 Å². The van der Waals surface area contributed by atoms with Crippen molar-refractivity contribution in [3.8, 4) is 0 Å². The first-order valence-electron chi connectivity index (χ1n) is 8.18. The van der Waals surface area contributed by atoms with E-state index in [9.17, 15) is 0 Å². The molecule has 1 aromatic heterocycles. The van der Waals surface area contributed by atoms with E-state index in [0.29, 0.717) is 12.1 Å². The fourth-order valence-corrected chi connectivity index (χ4v) is 3.30. The van der Waals surface area contributed by atoms with Crippen LogP contribution in [0.2, 0.25) is 0 Å². The molecule has 0 bridgehead atoms. The predicted octanol–water partition coefficient (Wildman–Crippen LogP) is 3.20. The molecule has 116 valence electrons. The number of hydrogen-bond donors (Lipinski definition) is 0. The summed E-state index contributed by atoms with van der Waals surface area (Å²) < 4.78 is 0. The molecule has 0 spiro atoms. The van der Waals surface area contributed by atoms with E-state index in [1.807, 2.05) is 18.5 Å². The van der Waals surface area contributed by atoms with E-state index in [-0.39, 0.29) is 0 Å². The molecule has 1 aliphatic rings. The maximum atomic E-state index is 4.33. The van der Waals surface area contributed by atoms with E-state index in [4.69, 9.17) is 0 Å². The van der Waals surface area contributed by atoms with Crippen LogP contribution in [0.25, 0.3) is 0 Å². The Kier molecular flexibility index (Phi) is 4.86. The van der Waals surface area contributed by atoms with Crippen molar-refractivity contribution < 1.29 is 0 Å². The summed E-state index contributed by atoms with van der Waals surface area (Å²) in [5, 5.41) is 0. The van der Waals surface area contributed by atoms with E-state index in [2.05, 4.69) is 65.0 Å². The summed E-state index contributed by atoms with van der Waals surface area (Å²) in [7, 11) is 0. The molecule has 1 saturated heterocycles. The number of benzene rings is 1.